The number of fused-ring (bicyclic) bond motifs is 1. The molecule has 3 aromatic rings. The minimum Gasteiger partial charge on any atom is -0.481 e. The average molecular weight is 416 g/mol. The van der Waals surface area contributed by atoms with Gasteiger partial charge in [0.1, 0.15) is 0 Å². The van der Waals surface area contributed by atoms with Crippen LogP contribution >= 0.6 is 0 Å². The monoisotopic (exact) mass is 415 g/mol. The van der Waals surface area contributed by atoms with Gasteiger partial charge in [-0.3, -0.25) is 4.79 Å². The van der Waals surface area contributed by atoms with Crippen molar-refractivity contribution in [2.24, 2.45) is 0 Å². The molecule has 0 saturated carbocycles. The van der Waals surface area contributed by atoms with Crippen molar-refractivity contribution in [2.75, 3.05) is 31.0 Å². The first-order valence-electron chi connectivity index (χ1n) is 10.7. The highest BCUT2D eigenvalue weighted by Crippen LogP contribution is 2.35. The highest BCUT2D eigenvalue weighted by Gasteiger charge is 2.31. The molecule has 0 N–H and O–H groups in total. The molecule has 1 aliphatic rings. The molecule has 0 bridgehead atoms. The van der Waals surface area contributed by atoms with Gasteiger partial charge < -0.3 is 14.5 Å². The van der Waals surface area contributed by atoms with E-state index in [4.69, 9.17) is 4.74 Å². The van der Waals surface area contributed by atoms with Crippen molar-refractivity contribution in [1.29, 1.82) is 0 Å². The highest BCUT2D eigenvalue weighted by molar-refractivity contribution is 5.98. The van der Waals surface area contributed by atoms with Gasteiger partial charge in [0.05, 0.1) is 31.5 Å². The quantitative estimate of drug-likeness (QED) is 0.580. The fraction of sp³-hybridized carbons (Fsp3) is 0.308. The molecule has 0 saturated heterocycles. The van der Waals surface area contributed by atoms with Gasteiger partial charge in [-0.2, -0.15) is 0 Å². The second kappa shape index (κ2) is 9.21. The van der Waals surface area contributed by atoms with Crippen LogP contribution in [0.5, 0.6) is 5.88 Å². The standard InChI is InChI=1S/C26H29N3O2/c1-28(2)21-13-11-19(12-14-21)18-29(22-15-16-25(31-3)27-17-22)26(30)24-10-6-8-20-7-4-5-9-23(20)24/h4-5,7,9,11-17,24H,6,8,10,18H2,1-3H3. The number of benzene rings is 2. The van der Waals surface area contributed by atoms with E-state index in [0.29, 0.717) is 12.4 Å². The smallest absolute Gasteiger partial charge is 0.234 e. The molecule has 5 nitrogen and oxygen atoms in total. The van der Waals surface area contributed by atoms with E-state index in [2.05, 4.69) is 52.3 Å². The molecule has 1 atom stereocenters. The predicted octanol–water partition coefficient (Wildman–Crippen LogP) is 4.81. The molecule has 0 fully saturated rings. The molecule has 5 heteroatoms. The van der Waals surface area contributed by atoms with Gasteiger partial charge in [0.15, 0.2) is 0 Å². The van der Waals surface area contributed by atoms with Crippen LogP contribution in [0.25, 0.3) is 0 Å². The van der Waals surface area contributed by atoms with Crippen LogP contribution in [-0.4, -0.2) is 32.1 Å². The number of amides is 1. The van der Waals surface area contributed by atoms with Crippen LogP contribution in [0.3, 0.4) is 0 Å². The third-order valence-electron chi connectivity index (χ3n) is 5.97. The Hall–Kier alpha value is -3.34. The Bertz CT molecular complexity index is 1030. The number of rotatable bonds is 6. The van der Waals surface area contributed by atoms with Crippen LogP contribution in [0.4, 0.5) is 11.4 Å². The molecule has 1 unspecified atom stereocenters. The minimum absolute atomic E-state index is 0.121. The third kappa shape index (κ3) is 4.55. The maximum atomic E-state index is 13.9. The summed E-state index contributed by atoms with van der Waals surface area (Å²) in [4.78, 5) is 22.1. The zero-order valence-electron chi connectivity index (χ0n) is 18.4. The first kappa shape index (κ1) is 20.9. The van der Waals surface area contributed by atoms with Crippen LogP contribution in [0.1, 0.15) is 35.4 Å². The molecule has 1 amide bonds. The largest absolute Gasteiger partial charge is 0.481 e. The van der Waals surface area contributed by atoms with Gasteiger partial charge in [-0.1, -0.05) is 36.4 Å². The van der Waals surface area contributed by atoms with Gasteiger partial charge in [0.25, 0.3) is 0 Å². The van der Waals surface area contributed by atoms with Crippen LogP contribution in [-0.2, 0) is 17.8 Å². The number of aromatic nitrogens is 1. The molecular formula is C26H29N3O2. The molecule has 0 radical (unpaired) electrons. The van der Waals surface area contributed by atoms with Crippen LogP contribution in [0.15, 0.2) is 66.9 Å². The Balaban J connectivity index is 1.67. The normalized spacial score (nSPS) is 15.1. The number of methoxy groups -OCH3 is 1. The summed E-state index contributed by atoms with van der Waals surface area (Å²) < 4.78 is 5.21. The lowest BCUT2D eigenvalue weighted by Crippen LogP contribution is -2.36. The summed E-state index contributed by atoms with van der Waals surface area (Å²) >= 11 is 0. The molecule has 160 valence electrons. The number of nitrogens with zero attached hydrogens (tertiary/aromatic N) is 3. The van der Waals surface area contributed by atoms with Gasteiger partial charge in [0.2, 0.25) is 11.8 Å². The van der Waals surface area contributed by atoms with E-state index >= 15 is 0 Å². The predicted molar refractivity (Wildman–Crippen MR) is 125 cm³/mol. The second-order valence-electron chi connectivity index (χ2n) is 8.19. The molecule has 1 heterocycles. The summed E-state index contributed by atoms with van der Waals surface area (Å²) in [6.45, 7) is 0.499. The number of pyridine rings is 1. The van der Waals surface area contributed by atoms with Crippen molar-refractivity contribution in [3.05, 3.63) is 83.6 Å². The minimum atomic E-state index is -0.131. The topological polar surface area (TPSA) is 45.7 Å². The number of ether oxygens (including phenoxy) is 1. The number of aryl methyl sites for hydroxylation is 1. The molecule has 4 rings (SSSR count). The molecule has 0 aliphatic heterocycles. The number of hydrogen-bond donors (Lipinski definition) is 0. The van der Waals surface area contributed by atoms with Gasteiger partial charge in [-0.25, -0.2) is 4.98 Å². The van der Waals surface area contributed by atoms with Gasteiger partial charge in [0, 0.05) is 25.8 Å². The summed E-state index contributed by atoms with van der Waals surface area (Å²) in [5.74, 6) is 0.526. The van der Waals surface area contributed by atoms with E-state index in [1.54, 1.807) is 19.4 Å². The van der Waals surface area contributed by atoms with E-state index in [1.165, 1.54) is 5.56 Å². The maximum Gasteiger partial charge on any atom is 0.234 e. The number of hydrogen-bond acceptors (Lipinski definition) is 4. The first-order chi connectivity index (χ1) is 15.1. The fourth-order valence-electron chi connectivity index (χ4n) is 4.23. The van der Waals surface area contributed by atoms with Crippen molar-refractivity contribution in [2.45, 2.75) is 31.7 Å². The summed E-state index contributed by atoms with van der Waals surface area (Å²) in [6, 6.07) is 20.4. The van der Waals surface area contributed by atoms with Gasteiger partial charge in [-0.15, -0.1) is 0 Å². The molecule has 2 aromatic carbocycles. The fourth-order valence-corrected chi connectivity index (χ4v) is 4.23. The lowest BCUT2D eigenvalue weighted by atomic mass is 9.82. The summed E-state index contributed by atoms with van der Waals surface area (Å²) in [7, 11) is 5.64. The number of anilines is 2. The molecule has 31 heavy (non-hydrogen) atoms. The van der Waals surface area contributed by atoms with Crippen molar-refractivity contribution in [3.8, 4) is 5.88 Å². The van der Waals surface area contributed by atoms with E-state index < -0.39 is 0 Å². The van der Waals surface area contributed by atoms with Crippen LogP contribution in [0, 0.1) is 0 Å². The van der Waals surface area contributed by atoms with Crippen molar-refractivity contribution in [1.82, 2.24) is 4.98 Å². The van der Waals surface area contributed by atoms with Crippen molar-refractivity contribution < 1.29 is 9.53 Å². The van der Waals surface area contributed by atoms with E-state index in [-0.39, 0.29) is 11.8 Å². The SMILES string of the molecule is COc1ccc(N(Cc2ccc(N(C)C)cc2)C(=O)C2CCCc3ccccc32)cn1. The lowest BCUT2D eigenvalue weighted by Gasteiger charge is -2.31. The van der Waals surface area contributed by atoms with E-state index in [9.17, 15) is 4.79 Å². The Kier molecular flexibility index (Phi) is 6.21. The Morgan fingerprint density at radius 1 is 1.03 bits per heavy atom. The number of carbonyl (C=O) groups is 1. The average Bonchev–Trinajstić information content (AvgIpc) is 2.82. The van der Waals surface area contributed by atoms with Crippen molar-refractivity contribution in [3.63, 3.8) is 0 Å². The van der Waals surface area contributed by atoms with Gasteiger partial charge >= 0.3 is 0 Å². The molecule has 0 spiro atoms. The summed E-state index contributed by atoms with van der Waals surface area (Å²) in [5.41, 5.74) is 5.45. The van der Waals surface area contributed by atoms with Crippen LogP contribution in [0.2, 0.25) is 0 Å². The lowest BCUT2D eigenvalue weighted by molar-refractivity contribution is -0.120. The molecule has 1 aliphatic carbocycles. The zero-order valence-corrected chi connectivity index (χ0v) is 18.4. The first-order valence-corrected chi connectivity index (χ1v) is 10.7. The highest BCUT2D eigenvalue weighted by atomic mass is 16.5. The third-order valence-corrected chi connectivity index (χ3v) is 5.97. The molecular weight excluding hydrogens is 386 g/mol. The van der Waals surface area contributed by atoms with Crippen molar-refractivity contribution >= 4 is 17.3 Å². The van der Waals surface area contributed by atoms with Gasteiger partial charge in [-0.05, 0) is 54.2 Å². The summed E-state index contributed by atoms with van der Waals surface area (Å²) in [6.07, 6.45) is 4.66. The maximum absolute atomic E-state index is 13.9. The Morgan fingerprint density at radius 2 is 1.77 bits per heavy atom. The van der Waals surface area contributed by atoms with Crippen LogP contribution < -0.4 is 14.5 Å². The van der Waals surface area contributed by atoms with E-state index in [0.717, 1.165) is 41.8 Å². The zero-order chi connectivity index (χ0) is 21.8. The second-order valence-corrected chi connectivity index (χ2v) is 8.19. The van der Waals surface area contributed by atoms with E-state index in [1.807, 2.05) is 31.1 Å². The Labute approximate surface area is 184 Å². The molecule has 1 aromatic heterocycles. The Morgan fingerprint density at radius 3 is 2.45 bits per heavy atom. The number of carbonyl (C=O) groups excluding carboxylic acids is 1. The summed E-state index contributed by atoms with van der Waals surface area (Å²) in [5, 5.41) is 0.